The van der Waals surface area contributed by atoms with Gasteiger partial charge in [-0.3, -0.25) is 9.59 Å². The number of ether oxygens (including phenoxy) is 2. The number of anilines is 1. The molecule has 0 heterocycles. The molecular weight excluding hydrogens is 322 g/mol. The van der Waals surface area contributed by atoms with E-state index in [4.69, 9.17) is 9.47 Å². The summed E-state index contributed by atoms with van der Waals surface area (Å²) in [5, 5.41) is 6.60. The fraction of sp³-hybridized carbons (Fsp3) is 0.167. The molecule has 2 N–H and O–H groups in total. The van der Waals surface area contributed by atoms with Gasteiger partial charge in [-0.15, -0.1) is 0 Å². The minimum absolute atomic E-state index is 0.136. The van der Waals surface area contributed by atoms with Crippen LogP contribution < -0.4 is 20.2 Å². The topological polar surface area (TPSA) is 89.0 Å². The zero-order chi connectivity index (χ0) is 18.2. The summed E-state index contributed by atoms with van der Waals surface area (Å²) in [4.78, 5) is 23.1. The van der Waals surface area contributed by atoms with Gasteiger partial charge in [0.25, 0.3) is 5.91 Å². The first kappa shape index (κ1) is 18.0. The molecule has 0 radical (unpaired) electrons. The van der Waals surface area contributed by atoms with Crippen LogP contribution in [-0.4, -0.2) is 32.2 Å². The maximum absolute atomic E-state index is 12.1. The van der Waals surface area contributed by atoms with Crippen molar-refractivity contribution in [2.75, 3.05) is 19.5 Å². The zero-order valence-electron chi connectivity index (χ0n) is 14.2. The van der Waals surface area contributed by atoms with Gasteiger partial charge >= 0.3 is 0 Å². The van der Waals surface area contributed by atoms with Crippen molar-refractivity contribution in [2.45, 2.75) is 6.92 Å². The van der Waals surface area contributed by atoms with E-state index in [9.17, 15) is 9.59 Å². The van der Waals surface area contributed by atoms with Crippen LogP contribution in [0, 0.1) is 0 Å². The molecule has 7 nitrogen and oxygen atoms in total. The summed E-state index contributed by atoms with van der Waals surface area (Å²) in [5.41, 5.74) is 4.32. The number of hydrogen-bond acceptors (Lipinski definition) is 5. The number of hydrogen-bond donors (Lipinski definition) is 2. The highest BCUT2D eigenvalue weighted by molar-refractivity contribution is 5.95. The smallest absolute Gasteiger partial charge is 0.271 e. The fourth-order valence-corrected chi connectivity index (χ4v) is 2.06. The van der Waals surface area contributed by atoms with Gasteiger partial charge in [-0.05, 0) is 35.9 Å². The molecule has 0 bridgehead atoms. The van der Waals surface area contributed by atoms with Crippen LogP contribution in [0.2, 0.25) is 0 Å². The number of benzene rings is 2. The third kappa shape index (κ3) is 5.07. The predicted octanol–water partition coefficient (Wildman–Crippen LogP) is 2.43. The number of amides is 2. The molecule has 0 aliphatic rings. The number of carbonyl (C=O) groups excluding carboxylic acids is 2. The molecule has 0 saturated carbocycles. The summed E-state index contributed by atoms with van der Waals surface area (Å²) >= 11 is 0. The molecular formula is C18H19N3O4. The number of nitrogens with one attached hydrogen (secondary N) is 2. The molecule has 2 rings (SSSR count). The van der Waals surface area contributed by atoms with Crippen LogP contribution in [-0.2, 0) is 4.79 Å². The van der Waals surface area contributed by atoms with Gasteiger partial charge in [-0.25, -0.2) is 5.43 Å². The largest absolute Gasteiger partial charge is 0.493 e. The SMILES string of the molecule is COc1ccc(C(=O)N/N=C\c2ccc(NC(C)=O)cc2)cc1OC. The quantitative estimate of drug-likeness (QED) is 0.624. The van der Waals surface area contributed by atoms with Gasteiger partial charge < -0.3 is 14.8 Å². The number of nitrogens with zero attached hydrogens (tertiary/aromatic N) is 1. The lowest BCUT2D eigenvalue weighted by Crippen LogP contribution is -2.17. The van der Waals surface area contributed by atoms with E-state index < -0.39 is 0 Å². The summed E-state index contributed by atoms with van der Waals surface area (Å²) in [6.07, 6.45) is 1.51. The molecule has 2 amide bonds. The first-order chi connectivity index (χ1) is 12.0. The van der Waals surface area contributed by atoms with E-state index in [1.54, 1.807) is 42.5 Å². The van der Waals surface area contributed by atoms with Crippen molar-refractivity contribution >= 4 is 23.7 Å². The molecule has 2 aromatic rings. The maximum atomic E-state index is 12.1. The highest BCUT2D eigenvalue weighted by Crippen LogP contribution is 2.27. The number of methoxy groups -OCH3 is 2. The normalized spacial score (nSPS) is 10.4. The molecule has 25 heavy (non-hydrogen) atoms. The van der Waals surface area contributed by atoms with Gasteiger partial charge in [0.1, 0.15) is 0 Å². The fourth-order valence-electron chi connectivity index (χ4n) is 2.06. The van der Waals surface area contributed by atoms with Crippen molar-refractivity contribution in [3.63, 3.8) is 0 Å². The molecule has 0 spiro atoms. The van der Waals surface area contributed by atoms with Crippen molar-refractivity contribution in [1.29, 1.82) is 0 Å². The van der Waals surface area contributed by atoms with Gasteiger partial charge in [0, 0.05) is 18.2 Å². The lowest BCUT2D eigenvalue weighted by Gasteiger charge is -2.08. The summed E-state index contributed by atoms with van der Waals surface area (Å²) in [7, 11) is 3.03. The standard InChI is InChI=1S/C18H19N3O4/c1-12(22)20-15-7-4-13(5-8-15)11-19-21-18(23)14-6-9-16(24-2)17(10-14)25-3/h4-11H,1-3H3,(H,20,22)(H,21,23)/b19-11-. The Morgan fingerprint density at radius 1 is 1.00 bits per heavy atom. The Balaban J connectivity index is 1.99. The van der Waals surface area contributed by atoms with Crippen molar-refractivity contribution < 1.29 is 19.1 Å². The highest BCUT2D eigenvalue weighted by Gasteiger charge is 2.09. The van der Waals surface area contributed by atoms with Gasteiger partial charge in [0.2, 0.25) is 5.91 Å². The van der Waals surface area contributed by atoms with Crippen LogP contribution in [0.4, 0.5) is 5.69 Å². The van der Waals surface area contributed by atoms with Gasteiger partial charge in [-0.1, -0.05) is 12.1 Å². The lowest BCUT2D eigenvalue weighted by atomic mass is 10.2. The van der Waals surface area contributed by atoms with Crippen molar-refractivity contribution in [3.05, 3.63) is 53.6 Å². The monoisotopic (exact) mass is 341 g/mol. The second-order valence-electron chi connectivity index (χ2n) is 5.07. The third-order valence-electron chi connectivity index (χ3n) is 3.26. The van der Waals surface area contributed by atoms with Gasteiger partial charge in [-0.2, -0.15) is 5.10 Å². The molecule has 2 aromatic carbocycles. The first-order valence-electron chi connectivity index (χ1n) is 7.46. The molecule has 0 saturated heterocycles. The van der Waals surface area contributed by atoms with Crippen molar-refractivity contribution in [3.8, 4) is 11.5 Å². The number of rotatable bonds is 6. The van der Waals surface area contributed by atoms with Crippen LogP contribution >= 0.6 is 0 Å². The molecule has 0 fully saturated rings. The van der Waals surface area contributed by atoms with E-state index in [0.29, 0.717) is 22.7 Å². The van der Waals surface area contributed by atoms with Crippen molar-refractivity contribution in [2.24, 2.45) is 5.10 Å². The second-order valence-corrected chi connectivity index (χ2v) is 5.07. The molecule has 130 valence electrons. The van der Waals surface area contributed by atoms with Crippen LogP contribution in [0.15, 0.2) is 47.6 Å². The van der Waals surface area contributed by atoms with Crippen LogP contribution in [0.1, 0.15) is 22.8 Å². The summed E-state index contributed by atoms with van der Waals surface area (Å²) in [5.74, 6) is 0.505. The zero-order valence-corrected chi connectivity index (χ0v) is 14.2. The Morgan fingerprint density at radius 2 is 1.68 bits per heavy atom. The van der Waals surface area contributed by atoms with E-state index in [-0.39, 0.29) is 11.8 Å². The predicted molar refractivity (Wildman–Crippen MR) is 95.4 cm³/mol. The number of carbonyl (C=O) groups is 2. The second kappa shape index (κ2) is 8.49. The summed E-state index contributed by atoms with van der Waals surface area (Å²) < 4.78 is 10.3. The van der Waals surface area contributed by atoms with Gasteiger partial charge in [0.05, 0.1) is 20.4 Å². The Kier molecular flexibility index (Phi) is 6.11. The van der Waals surface area contributed by atoms with E-state index in [0.717, 1.165) is 5.56 Å². The van der Waals surface area contributed by atoms with E-state index in [2.05, 4.69) is 15.8 Å². The first-order valence-corrected chi connectivity index (χ1v) is 7.46. The maximum Gasteiger partial charge on any atom is 0.271 e. The van der Waals surface area contributed by atoms with Crippen molar-refractivity contribution in [1.82, 2.24) is 5.43 Å². The molecule has 0 unspecified atom stereocenters. The Morgan fingerprint density at radius 3 is 2.28 bits per heavy atom. The Bertz CT molecular complexity index is 785. The van der Waals surface area contributed by atoms with Gasteiger partial charge in [0.15, 0.2) is 11.5 Å². The van der Waals surface area contributed by atoms with E-state index >= 15 is 0 Å². The summed E-state index contributed by atoms with van der Waals surface area (Å²) in [6, 6.07) is 11.9. The molecule has 0 atom stereocenters. The average molecular weight is 341 g/mol. The van der Waals surface area contributed by atoms with Crippen LogP contribution in [0.5, 0.6) is 11.5 Å². The lowest BCUT2D eigenvalue weighted by molar-refractivity contribution is -0.114. The third-order valence-corrected chi connectivity index (χ3v) is 3.26. The van der Waals surface area contributed by atoms with Crippen LogP contribution in [0.3, 0.4) is 0 Å². The highest BCUT2D eigenvalue weighted by atomic mass is 16.5. The minimum atomic E-state index is -0.368. The number of hydrazone groups is 1. The molecule has 0 aromatic heterocycles. The minimum Gasteiger partial charge on any atom is -0.493 e. The molecule has 0 aliphatic carbocycles. The van der Waals surface area contributed by atoms with E-state index in [1.165, 1.54) is 27.4 Å². The molecule has 0 aliphatic heterocycles. The molecule has 7 heteroatoms. The van der Waals surface area contributed by atoms with Crippen LogP contribution in [0.25, 0.3) is 0 Å². The Labute approximate surface area is 145 Å². The Hall–Kier alpha value is -3.35. The summed E-state index contributed by atoms with van der Waals surface area (Å²) in [6.45, 7) is 1.44. The van der Waals surface area contributed by atoms with E-state index in [1.807, 2.05) is 0 Å². The average Bonchev–Trinajstić information content (AvgIpc) is 2.62.